The molecular formula is C15H23FN2. The molecule has 0 radical (unpaired) electrons. The van der Waals surface area contributed by atoms with Crippen molar-refractivity contribution in [1.29, 1.82) is 0 Å². The molecule has 0 bridgehead atoms. The molecule has 0 atom stereocenters. The van der Waals surface area contributed by atoms with Gasteiger partial charge in [-0.15, -0.1) is 6.58 Å². The first kappa shape index (κ1) is 14.9. The summed E-state index contributed by atoms with van der Waals surface area (Å²) < 4.78 is 13.8. The van der Waals surface area contributed by atoms with Crippen molar-refractivity contribution in [2.24, 2.45) is 0 Å². The van der Waals surface area contributed by atoms with E-state index in [9.17, 15) is 4.39 Å². The smallest absolute Gasteiger partial charge is 0.127 e. The van der Waals surface area contributed by atoms with E-state index < -0.39 is 0 Å². The molecule has 0 saturated heterocycles. The minimum Gasteiger partial charge on any atom is -0.316 e. The van der Waals surface area contributed by atoms with E-state index in [0.29, 0.717) is 6.54 Å². The van der Waals surface area contributed by atoms with E-state index in [0.717, 1.165) is 37.2 Å². The van der Waals surface area contributed by atoms with E-state index in [4.69, 9.17) is 0 Å². The number of hydrogen-bond acceptors (Lipinski definition) is 2. The average molecular weight is 250 g/mol. The van der Waals surface area contributed by atoms with E-state index in [1.165, 1.54) is 0 Å². The maximum atomic E-state index is 13.8. The lowest BCUT2D eigenvalue weighted by Gasteiger charge is -2.20. The van der Waals surface area contributed by atoms with E-state index in [-0.39, 0.29) is 5.82 Å². The molecule has 0 aromatic heterocycles. The fraction of sp³-hybridized carbons (Fsp3) is 0.467. The van der Waals surface area contributed by atoms with Gasteiger partial charge in [-0.2, -0.15) is 0 Å². The first-order chi connectivity index (χ1) is 8.71. The first-order valence-corrected chi connectivity index (χ1v) is 6.46. The van der Waals surface area contributed by atoms with Gasteiger partial charge in [0, 0.05) is 25.2 Å². The summed E-state index contributed by atoms with van der Waals surface area (Å²) in [7, 11) is 1.89. The van der Waals surface area contributed by atoms with Gasteiger partial charge in [-0.25, -0.2) is 4.39 Å². The zero-order valence-electron chi connectivity index (χ0n) is 11.4. The summed E-state index contributed by atoms with van der Waals surface area (Å²) in [4.78, 5) is 2.20. The van der Waals surface area contributed by atoms with Crippen molar-refractivity contribution in [1.82, 2.24) is 10.2 Å². The topological polar surface area (TPSA) is 15.3 Å². The molecule has 2 nitrogen and oxygen atoms in total. The van der Waals surface area contributed by atoms with E-state index in [1.807, 2.05) is 25.3 Å². The van der Waals surface area contributed by atoms with Gasteiger partial charge in [-0.05, 0) is 31.6 Å². The number of nitrogens with zero attached hydrogens (tertiary/aromatic N) is 1. The maximum absolute atomic E-state index is 13.8. The fourth-order valence-electron chi connectivity index (χ4n) is 2.04. The van der Waals surface area contributed by atoms with Gasteiger partial charge in [0.2, 0.25) is 0 Å². The van der Waals surface area contributed by atoms with Crippen molar-refractivity contribution in [3.63, 3.8) is 0 Å². The Kier molecular flexibility index (Phi) is 6.61. The van der Waals surface area contributed by atoms with Gasteiger partial charge in [0.25, 0.3) is 0 Å². The van der Waals surface area contributed by atoms with Gasteiger partial charge < -0.3 is 5.32 Å². The standard InChI is InChI=1S/C15H23FN2/c1-4-8-18(9-5-2)12-14-10-13(11-17-3)6-7-15(14)16/h4,6-7,10,17H,1,5,8-9,11-12H2,2-3H3. The predicted molar refractivity (Wildman–Crippen MR) is 74.9 cm³/mol. The quantitative estimate of drug-likeness (QED) is 0.714. The summed E-state index contributed by atoms with van der Waals surface area (Å²) in [5, 5.41) is 3.08. The largest absolute Gasteiger partial charge is 0.316 e. The van der Waals surface area contributed by atoms with Crippen molar-refractivity contribution in [2.45, 2.75) is 26.4 Å². The highest BCUT2D eigenvalue weighted by molar-refractivity contribution is 5.25. The van der Waals surface area contributed by atoms with E-state index in [2.05, 4.69) is 23.7 Å². The molecular weight excluding hydrogens is 227 g/mol. The van der Waals surface area contributed by atoms with Crippen LogP contribution in [-0.2, 0) is 13.1 Å². The lowest BCUT2D eigenvalue weighted by Crippen LogP contribution is -2.24. The summed E-state index contributed by atoms with van der Waals surface area (Å²) in [5.74, 6) is -0.125. The molecule has 0 fully saturated rings. The van der Waals surface area contributed by atoms with Crippen LogP contribution in [-0.4, -0.2) is 25.0 Å². The van der Waals surface area contributed by atoms with Crippen LogP contribution in [0.2, 0.25) is 0 Å². The fourth-order valence-corrected chi connectivity index (χ4v) is 2.04. The number of rotatable bonds is 8. The Morgan fingerprint density at radius 3 is 2.83 bits per heavy atom. The first-order valence-electron chi connectivity index (χ1n) is 6.46. The summed E-state index contributed by atoms with van der Waals surface area (Å²) in [6.07, 6.45) is 2.93. The molecule has 1 N–H and O–H groups in total. The summed E-state index contributed by atoms with van der Waals surface area (Å²) in [6.45, 7) is 9.04. The molecule has 1 aromatic rings. The molecule has 18 heavy (non-hydrogen) atoms. The molecule has 0 aliphatic heterocycles. The number of benzene rings is 1. The molecule has 0 aliphatic rings. The molecule has 1 rings (SSSR count). The van der Waals surface area contributed by atoms with Crippen LogP contribution in [0, 0.1) is 5.82 Å². The van der Waals surface area contributed by atoms with Gasteiger partial charge in [0.05, 0.1) is 0 Å². The monoisotopic (exact) mass is 250 g/mol. The molecule has 0 amide bonds. The summed E-state index contributed by atoms with van der Waals surface area (Å²) >= 11 is 0. The molecule has 3 heteroatoms. The van der Waals surface area contributed by atoms with Crippen molar-refractivity contribution >= 4 is 0 Å². The van der Waals surface area contributed by atoms with Gasteiger partial charge >= 0.3 is 0 Å². The van der Waals surface area contributed by atoms with Gasteiger partial charge in [0.1, 0.15) is 5.82 Å². The molecule has 0 aliphatic carbocycles. The lowest BCUT2D eigenvalue weighted by molar-refractivity contribution is 0.290. The Morgan fingerprint density at radius 2 is 2.22 bits per heavy atom. The van der Waals surface area contributed by atoms with E-state index >= 15 is 0 Å². The van der Waals surface area contributed by atoms with Crippen LogP contribution in [0.1, 0.15) is 24.5 Å². The Morgan fingerprint density at radius 1 is 1.44 bits per heavy atom. The zero-order valence-corrected chi connectivity index (χ0v) is 11.4. The highest BCUT2D eigenvalue weighted by Gasteiger charge is 2.08. The molecule has 0 saturated carbocycles. The van der Waals surface area contributed by atoms with Gasteiger partial charge in [0.15, 0.2) is 0 Å². The third-order valence-corrected chi connectivity index (χ3v) is 2.81. The Bertz CT molecular complexity index is 377. The van der Waals surface area contributed by atoms with Crippen molar-refractivity contribution < 1.29 is 4.39 Å². The zero-order chi connectivity index (χ0) is 13.4. The number of nitrogens with one attached hydrogen (secondary N) is 1. The number of hydrogen-bond donors (Lipinski definition) is 1. The highest BCUT2D eigenvalue weighted by atomic mass is 19.1. The molecule has 0 spiro atoms. The van der Waals surface area contributed by atoms with Crippen LogP contribution in [0.4, 0.5) is 4.39 Å². The highest BCUT2D eigenvalue weighted by Crippen LogP contribution is 2.13. The number of halogens is 1. The second kappa shape index (κ2) is 8.01. The van der Waals surface area contributed by atoms with Gasteiger partial charge in [-0.3, -0.25) is 4.90 Å². The van der Waals surface area contributed by atoms with Crippen molar-refractivity contribution in [3.8, 4) is 0 Å². The van der Waals surface area contributed by atoms with Crippen LogP contribution >= 0.6 is 0 Å². The third kappa shape index (κ3) is 4.59. The minimum atomic E-state index is -0.125. The molecule has 100 valence electrons. The van der Waals surface area contributed by atoms with Crippen LogP contribution in [0.25, 0.3) is 0 Å². The molecule has 1 aromatic carbocycles. The molecule has 0 unspecified atom stereocenters. The van der Waals surface area contributed by atoms with Crippen LogP contribution in [0.15, 0.2) is 30.9 Å². The minimum absolute atomic E-state index is 0.125. The Balaban J connectivity index is 2.79. The van der Waals surface area contributed by atoms with E-state index in [1.54, 1.807) is 6.07 Å². The summed E-state index contributed by atoms with van der Waals surface area (Å²) in [5.41, 5.74) is 1.88. The van der Waals surface area contributed by atoms with Gasteiger partial charge in [-0.1, -0.05) is 25.1 Å². The van der Waals surface area contributed by atoms with Crippen molar-refractivity contribution in [3.05, 3.63) is 47.8 Å². The normalized spacial score (nSPS) is 10.9. The third-order valence-electron chi connectivity index (χ3n) is 2.81. The van der Waals surface area contributed by atoms with Crippen LogP contribution in [0.5, 0.6) is 0 Å². The Labute approximate surface area is 110 Å². The second-order valence-corrected chi connectivity index (χ2v) is 4.48. The molecule has 0 heterocycles. The summed E-state index contributed by atoms with van der Waals surface area (Å²) in [6, 6.07) is 5.32. The predicted octanol–water partition coefficient (Wildman–Crippen LogP) is 2.94. The van der Waals surface area contributed by atoms with Crippen molar-refractivity contribution in [2.75, 3.05) is 20.1 Å². The second-order valence-electron chi connectivity index (χ2n) is 4.48. The van der Waals surface area contributed by atoms with Crippen LogP contribution in [0.3, 0.4) is 0 Å². The average Bonchev–Trinajstić information content (AvgIpc) is 2.34. The lowest BCUT2D eigenvalue weighted by atomic mass is 10.1. The van der Waals surface area contributed by atoms with Crippen LogP contribution < -0.4 is 5.32 Å². The maximum Gasteiger partial charge on any atom is 0.127 e. The Hall–Kier alpha value is -1.19. The SMILES string of the molecule is C=CCN(CCC)Cc1cc(CNC)ccc1F.